The summed E-state index contributed by atoms with van der Waals surface area (Å²) in [5.41, 5.74) is 7.60. The minimum atomic E-state index is -1.23. The van der Waals surface area contributed by atoms with Gasteiger partial charge in [0.1, 0.15) is 6.04 Å². The van der Waals surface area contributed by atoms with Crippen molar-refractivity contribution in [3.05, 3.63) is 34.9 Å². The van der Waals surface area contributed by atoms with Crippen LogP contribution in [0.5, 0.6) is 0 Å². The smallest absolute Gasteiger partial charge is 0.317 e. The van der Waals surface area contributed by atoms with Crippen molar-refractivity contribution in [1.29, 1.82) is 0 Å². The first-order chi connectivity index (χ1) is 9.70. The van der Waals surface area contributed by atoms with Crippen molar-refractivity contribution >= 4 is 17.8 Å². The molecular formula is C14H18N2O5. The van der Waals surface area contributed by atoms with Crippen molar-refractivity contribution in [2.45, 2.75) is 19.9 Å². The first-order valence-corrected chi connectivity index (χ1v) is 6.26. The lowest BCUT2D eigenvalue weighted by Gasteiger charge is -2.27. The normalized spacial score (nSPS) is 12.1. The van der Waals surface area contributed by atoms with E-state index in [2.05, 4.69) is 0 Å². The van der Waals surface area contributed by atoms with E-state index < -0.39 is 37.0 Å². The molecule has 21 heavy (non-hydrogen) atoms. The molecule has 0 bridgehead atoms. The minimum Gasteiger partial charge on any atom is -0.480 e. The monoisotopic (exact) mass is 294 g/mol. The standard InChI is InChI=1S/C14H18N2O5/c1-8-3-9(2)5-10(4-8)13(14(15)21)16(6-11(17)18)7-12(19)20/h3-5,13H,6-7H2,1-2H3,(H2,15,21)(H,17,18)(H,19,20). The molecule has 7 heteroatoms. The number of hydrogen-bond donors (Lipinski definition) is 3. The maximum atomic E-state index is 11.7. The van der Waals surface area contributed by atoms with Gasteiger partial charge in [0.25, 0.3) is 0 Å². The van der Waals surface area contributed by atoms with Gasteiger partial charge in [-0.05, 0) is 19.4 Å². The van der Waals surface area contributed by atoms with E-state index >= 15 is 0 Å². The first-order valence-electron chi connectivity index (χ1n) is 6.26. The molecule has 0 aliphatic rings. The number of aliphatic carboxylic acids is 2. The maximum Gasteiger partial charge on any atom is 0.317 e. The quantitative estimate of drug-likeness (QED) is 0.665. The number of benzene rings is 1. The number of aryl methyl sites for hydroxylation is 2. The lowest BCUT2D eigenvalue weighted by atomic mass is 9.99. The summed E-state index contributed by atoms with van der Waals surface area (Å²) >= 11 is 0. The molecule has 1 aromatic rings. The highest BCUT2D eigenvalue weighted by Gasteiger charge is 2.29. The first kappa shape index (κ1) is 16.6. The van der Waals surface area contributed by atoms with Crippen molar-refractivity contribution in [2.75, 3.05) is 13.1 Å². The van der Waals surface area contributed by atoms with Crippen LogP contribution in [0.3, 0.4) is 0 Å². The van der Waals surface area contributed by atoms with Gasteiger partial charge in [0.05, 0.1) is 13.1 Å². The molecule has 7 nitrogen and oxygen atoms in total. The third-order valence-electron chi connectivity index (χ3n) is 2.87. The average molecular weight is 294 g/mol. The van der Waals surface area contributed by atoms with E-state index in [1.165, 1.54) is 0 Å². The molecule has 1 unspecified atom stereocenters. The second kappa shape index (κ2) is 6.85. The number of carbonyl (C=O) groups is 3. The van der Waals surface area contributed by atoms with E-state index in [-0.39, 0.29) is 0 Å². The molecular weight excluding hydrogens is 276 g/mol. The Balaban J connectivity index is 3.25. The van der Waals surface area contributed by atoms with Gasteiger partial charge in [-0.1, -0.05) is 29.3 Å². The van der Waals surface area contributed by atoms with Crippen LogP contribution in [0.15, 0.2) is 18.2 Å². The fraction of sp³-hybridized carbons (Fsp3) is 0.357. The van der Waals surface area contributed by atoms with Gasteiger partial charge in [-0.3, -0.25) is 19.3 Å². The number of nitrogens with two attached hydrogens (primary N) is 1. The van der Waals surface area contributed by atoms with Gasteiger partial charge in [-0.25, -0.2) is 0 Å². The predicted octanol–water partition coefficient (Wildman–Crippen LogP) is 0.301. The molecule has 0 saturated heterocycles. The fourth-order valence-electron chi connectivity index (χ4n) is 2.31. The second-order valence-corrected chi connectivity index (χ2v) is 4.92. The Labute approximate surface area is 122 Å². The molecule has 1 aromatic carbocycles. The largest absolute Gasteiger partial charge is 0.480 e. The van der Waals surface area contributed by atoms with E-state index in [9.17, 15) is 14.4 Å². The van der Waals surface area contributed by atoms with E-state index in [1.807, 2.05) is 19.9 Å². The number of nitrogens with zero attached hydrogens (tertiary/aromatic N) is 1. The maximum absolute atomic E-state index is 11.7. The van der Waals surface area contributed by atoms with Gasteiger partial charge in [0.2, 0.25) is 5.91 Å². The van der Waals surface area contributed by atoms with Gasteiger partial charge < -0.3 is 15.9 Å². The summed E-state index contributed by atoms with van der Waals surface area (Å²) in [5.74, 6) is -3.25. The molecule has 0 saturated carbocycles. The number of carbonyl (C=O) groups excluding carboxylic acids is 1. The van der Waals surface area contributed by atoms with Crippen LogP contribution in [0.25, 0.3) is 0 Å². The number of carboxylic acids is 2. The fourth-order valence-corrected chi connectivity index (χ4v) is 2.31. The van der Waals surface area contributed by atoms with E-state index in [1.54, 1.807) is 12.1 Å². The highest BCUT2D eigenvalue weighted by atomic mass is 16.4. The van der Waals surface area contributed by atoms with E-state index in [0.29, 0.717) is 5.56 Å². The van der Waals surface area contributed by atoms with Crippen LogP contribution in [0.2, 0.25) is 0 Å². The summed E-state index contributed by atoms with van der Waals surface area (Å²) in [6.07, 6.45) is 0. The van der Waals surface area contributed by atoms with Crippen LogP contribution in [0.1, 0.15) is 22.7 Å². The van der Waals surface area contributed by atoms with Crippen molar-refractivity contribution < 1.29 is 24.6 Å². The molecule has 0 heterocycles. The Morgan fingerprint density at radius 1 is 1.05 bits per heavy atom. The zero-order valence-corrected chi connectivity index (χ0v) is 11.9. The molecule has 0 spiro atoms. The summed E-state index contributed by atoms with van der Waals surface area (Å²) in [6, 6.07) is 4.18. The molecule has 1 atom stereocenters. The molecule has 1 rings (SSSR count). The van der Waals surface area contributed by atoms with Crippen LogP contribution in [0, 0.1) is 13.8 Å². The lowest BCUT2D eigenvalue weighted by molar-refractivity contribution is -0.143. The van der Waals surface area contributed by atoms with E-state index in [0.717, 1.165) is 16.0 Å². The SMILES string of the molecule is Cc1cc(C)cc(C(C(N)=O)N(CC(=O)O)CC(=O)O)c1. The van der Waals surface area contributed by atoms with Crippen molar-refractivity contribution in [3.63, 3.8) is 0 Å². The van der Waals surface area contributed by atoms with Crippen LogP contribution in [-0.4, -0.2) is 46.0 Å². The van der Waals surface area contributed by atoms with Crippen LogP contribution < -0.4 is 5.73 Å². The summed E-state index contributed by atoms with van der Waals surface area (Å²) in [6.45, 7) is 2.47. The molecule has 1 amide bonds. The minimum absolute atomic E-state index is 0.488. The Bertz CT molecular complexity index is 534. The average Bonchev–Trinajstić information content (AvgIpc) is 2.24. The third-order valence-corrected chi connectivity index (χ3v) is 2.87. The lowest BCUT2D eigenvalue weighted by Crippen LogP contribution is -2.43. The van der Waals surface area contributed by atoms with Crippen molar-refractivity contribution in [3.8, 4) is 0 Å². The predicted molar refractivity (Wildman–Crippen MR) is 74.7 cm³/mol. The number of rotatable bonds is 7. The molecule has 4 N–H and O–H groups in total. The molecule has 0 fully saturated rings. The highest BCUT2D eigenvalue weighted by Crippen LogP contribution is 2.22. The molecule has 0 aliphatic carbocycles. The van der Waals surface area contributed by atoms with Gasteiger partial charge in [-0.15, -0.1) is 0 Å². The molecule has 0 aromatic heterocycles. The highest BCUT2D eigenvalue weighted by molar-refractivity contribution is 5.83. The van der Waals surface area contributed by atoms with Crippen molar-refractivity contribution in [1.82, 2.24) is 4.90 Å². The van der Waals surface area contributed by atoms with Crippen LogP contribution >= 0.6 is 0 Å². The zero-order chi connectivity index (χ0) is 16.2. The van der Waals surface area contributed by atoms with E-state index in [4.69, 9.17) is 15.9 Å². The van der Waals surface area contributed by atoms with Gasteiger partial charge in [0.15, 0.2) is 0 Å². The summed E-state index contributed by atoms with van der Waals surface area (Å²) in [4.78, 5) is 34.5. The Hall–Kier alpha value is -2.41. The third kappa shape index (κ3) is 4.88. The number of amides is 1. The Morgan fingerprint density at radius 3 is 1.81 bits per heavy atom. The number of primary amides is 1. The van der Waals surface area contributed by atoms with Gasteiger partial charge in [-0.2, -0.15) is 0 Å². The number of carboxylic acid groups (broad SMARTS) is 2. The molecule has 0 aliphatic heterocycles. The van der Waals surface area contributed by atoms with Crippen molar-refractivity contribution in [2.24, 2.45) is 5.73 Å². The van der Waals surface area contributed by atoms with Crippen LogP contribution in [0.4, 0.5) is 0 Å². The molecule has 114 valence electrons. The molecule has 0 radical (unpaired) electrons. The zero-order valence-electron chi connectivity index (χ0n) is 11.9. The second-order valence-electron chi connectivity index (χ2n) is 4.92. The number of hydrogen-bond acceptors (Lipinski definition) is 4. The summed E-state index contributed by atoms with van der Waals surface area (Å²) in [7, 11) is 0. The summed E-state index contributed by atoms with van der Waals surface area (Å²) < 4.78 is 0. The summed E-state index contributed by atoms with van der Waals surface area (Å²) in [5, 5.41) is 17.8. The van der Waals surface area contributed by atoms with Gasteiger partial charge >= 0.3 is 11.9 Å². The topological polar surface area (TPSA) is 121 Å². The Kier molecular flexibility index (Phi) is 5.43. The van der Waals surface area contributed by atoms with Gasteiger partial charge in [0, 0.05) is 0 Å². The Morgan fingerprint density at radius 2 is 1.48 bits per heavy atom. The van der Waals surface area contributed by atoms with Crippen LogP contribution in [-0.2, 0) is 14.4 Å².